The van der Waals surface area contributed by atoms with Gasteiger partial charge in [0.05, 0.1) is 12.1 Å². The highest BCUT2D eigenvalue weighted by atomic mass is 16.3. The average molecular weight is 150 g/mol. The lowest BCUT2D eigenvalue weighted by Crippen LogP contribution is -2.12. The van der Waals surface area contributed by atoms with E-state index in [1.54, 1.807) is 0 Å². The van der Waals surface area contributed by atoms with Gasteiger partial charge in [-0.25, -0.2) is 0 Å². The molecular formula is C7H6N2O2. The molecule has 0 spiro atoms. The predicted molar refractivity (Wildman–Crippen MR) is 36.8 cm³/mol. The summed E-state index contributed by atoms with van der Waals surface area (Å²) in [7, 11) is 0. The van der Waals surface area contributed by atoms with Crippen molar-refractivity contribution in [2.24, 2.45) is 5.73 Å². The molecule has 0 aliphatic carbocycles. The average Bonchev–Trinajstić information content (AvgIpc) is 2.50. The Labute approximate surface area is 63.2 Å². The topological polar surface area (TPSA) is 80.0 Å². The maximum absolute atomic E-state index is 10.8. The lowest BCUT2D eigenvalue weighted by molar-refractivity contribution is 0.0975. The van der Waals surface area contributed by atoms with Crippen LogP contribution in [0.1, 0.15) is 16.1 Å². The molecule has 1 aromatic heterocycles. The second-order valence-corrected chi connectivity index (χ2v) is 1.94. The maximum Gasteiger partial charge on any atom is 0.211 e. The van der Waals surface area contributed by atoms with Gasteiger partial charge in [0.1, 0.15) is 12.3 Å². The lowest BCUT2D eigenvalue weighted by atomic mass is 10.2. The van der Waals surface area contributed by atoms with Crippen LogP contribution in [-0.2, 0) is 0 Å². The summed E-state index contributed by atoms with van der Waals surface area (Å²) in [5, 5.41) is 8.35. The zero-order valence-corrected chi connectivity index (χ0v) is 5.70. The molecule has 1 aromatic rings. The number of nitriles is 1. The van der Waals surface area contributed by atoms with Crippen molar-refractivity contribution in [1.29, 1.82) is 5.26 Å². The highest BCUT2D eigenvalue weighted by molar-refractivity contribution is 5.95. The van der Waals surface area contributed by atoms with Crippen LogP contribution in [0.5, 0.6) is 0 Å². The molecule has 0 saturated carbocycles. The van der Waals surface area contributed by atoms with Crippen LogP contribution < -0.4 is 5.73 Å². The quantitative estimate of drug-likeness (QED) is 0.614. The third kappa shape index (κ3) is 1.45. The zero-order valence-electron chi connectivity index (χ0n) is 5.70. The van der Waals surface area contributed by atoms with Gasteiger partial charge in [0.2, 0.25) is 5.78 Å². The molecule has 0 unspecified atom stereocenters. The molecular weight excluding hydrogens is 144 g/mol. The molecule has 0 radical (unpaired) electrons. The van der Waals surface area contributed by atoms with Gasteiger partial charge < -0.3 is 10.2 Å². The monoisotopic (exact) mass is 150 g/mol. The largest absolute Gasteiger partial charge is 0.460 e. The van der Waals surface area contributed by atoms with Crippen molar-refractivity contribution in [3.63, 3.8) is 0 Å². The van der Waals surface area contributed by atoms with Crippen LogP contribution in [0.25, 0.3) is 0 Å². The second kappa shape index (κ2) is 2.99. The van der Waals surface area contributed by atoms with E-state index in [1.165, 1.54) is 12.3 Å². The fourth-order valence-corrected chi connectivity index (χ4v) is 0.642. The van der Waals surface area contributed by atoms with E-state index in [2.05, 4.69) is 0 Å². The first-order valence-electron chi connectivity index (χ1n) is 3.00. The van der Waals surface area contributed by atoms with Gasteiger partial charge in [0.15, 0.2) is 5.76 Å². The Hall–Kier alpha value is -1.60. The molecule has 1 rings (SSSR count). The van der Waals surface area contributed by atoms with Gasteiger partial charge in [-0.2, -0.15) is 5.26 Å². The fraction of sp³-hybridized carbons (Fsp3) is 0.143. The minimum atomic E-state index is -0.300. The van der Waals surface area contributed by atoms with Crippen molar-refractivity contribution in [3.8, 4) is 6.07 Å². The first-order valence-corrected chi connectivity index (χ1v) is 3.00. The Morgan fingerprint density at radius 2 is 2.55 bits per heavy atom. The number of hydrogen-bond acceptors (Lipinski definition) is 4. The van der Waals surface area contributed by atoms with E-state index >= 15 is 0 Å². The summed E-state index contributed by atoms with van der Waals surface area (Å²) in [5.41, 5.74) is 5.40. The highest BCUT2D eigenvalue weighted by Gasteiger charge is 2.07. The van der Waals surface area contributed by atoms with Gasteiger partial charge in [-0.1, -0.05) is 0 Å². The predicted octanol–water partition coefficient (Wildman–Crippen LogP) is 0.293. The number of ketones is 1. The Balaban J connectivity index is 2.91. The van der Waals surface area contributed by atoms with Crippen LogP contribution in [0.3, 0.4) is 0 Å². The van der Waals surface area contributed by atoms with Crippen molar-refractivity contribution >= 4 is 5.78 Å². The van der Waals surface area contributed by atoms with Crippen molar-refractivity contribution in [2.75, 3.05) is 6.54 Å². The molecule has 4 nitrogen and oxygen atoms in total. The van der Waals surface area contributed by atoms with E-state index < -0.39 is 0 Å². The van der Waals surface area contributed by atoms with Crippen LogP contribution in [-0.4, -0.2) is 12.3 Å². The molecule has 0 atom stereocenters. The van der Waals surface area contributed by atoms with Gasteiger partial charge in [-0.3, -0.25) is 4.79 Å². The summed E-state index contributed by atoms with van der Waals surface area (Å²) in [6.07, 6.45) is 1.23. The van der Waals surface area contributed by atoms with E-state index in [0.29, 0.717) is 5.56 Å². The minimum Gasteiger partial charge on any atom is -0.460 e. The second-order valence-electron chi connectivity index (χ2n) is 1.94. The number of rotatable bonds is 2. The van der Waals surface area contributed by atoms with Gasteiger partial charge in [0, 0.05) is 6.07 Å². The first kappa shape index (κ1) is 7.51. The van der Waals surface area contributed by atoms with Crippen molar-refractivity contribution in [3.05, 3.63) is 23.7 Å². The van der Waals surface area contributed by atoms with Gasteiger partial charge in [-0.15, -0.1) is 0 Å². The van der Waals surface area contributed by atoms with E-state index in [9.17, 15) is 4.79 Å². The third-order valence-electron chi connectivity index (χ3n) is 1.19. The summed E-state index contributed by atoms with van der Waals surface area (Å²) in [4.78, 5) is 10.8. The normalized spacial score (nSPS) is 9.09. The molecule has 11 heavy (non-hydrogen) atoms. The van der Waals surface area contributed by atoms with Gasteiger partial charge in [-0.05, 0) is 0 Å². The number of hydrogen-bond donors (Lipinski definition) is 1. The number of carbonyl (C=O) groups excluding carboxylic acids is 1. The van der Waals surface area contributed by atoms with Crippen LogP contribution in [0.4, 0.5) is 0 Å². The number of nitrogens with two attached hydrogens (primary N) is 1. The molecule has 4 heteroatoms. The van der Waals surface area contributed by atoms with Crippen molar-refractivity contribution in [2.45, 2.75) is 0 Å². The summed E-state index contributed by atoms with van der Waals surface area (Å²) in [6.45, 7) is -0.0988. The van der Waals surface area contributed by atoms with E-state index in [-0.39, 0.29) is 18.1 Å². The van der Waals surface area contributed by atoms with E-state index in [1.807, 2.05) is 6.07 Å². The van der Waals surface area contributed by atoms with Crippen LogP contribution in [0.15, 0.2) is 16.7 Å². The first-order chi connectivity index (χ1) is 5.27. The molecule has 0 aliphatic heterocycles. The van der Waals surface area contributed by atoms with Crippen molar-refractivity contribution < 1.29 is 9.21 Å². The molecule has 0 fully saturated rings. The van der Waals surface area contributed by atoms with Gasteiger partial charge >= 0.3 is 0 Å². The van der Waals surface area contributed by atoms with Gasteiger partial charge in [0.25, 0.3) is 0 Å². The lowest BCUT2D eigenvalue weighted by Gasteiger charge is -1.86. The van der Waals surface area contributed by atoms with Crippen LogP contribution in [0, 0.1) is 11.3 Å². The van der Waals surface area contributed by atoms with Crippen molar-refractivity contribution in [1.82, 2.24) is 0 Å². The summed E-state index contributed by atoms with van der Waals surface area (Å²) < 4.78 is 4.76. The molecule has 0 amide bonds. The SMILES string of the molecule is N#Cc1coc(C(=O)CN)c1. The van der Waals surface area contributed by atoms with Crippen LogP contribution in [0.2, 0.25) is 0 Å². The zero-order chi connectivity index (χ0) is 8.27. The molecule has 0 saturated heterocycles. The molecule has 2 N–H and O–H groups in total. The Morgan fingerprint density at radius 1 is 1.82 bits per heavy atom. The number of nitrogens with zero attached hydrogens (tertiary/aromatic N) is 1. The summed E-state index contributed by atoms with van der Waals surface area (Å²) in [6, 6.07) is 3.21. The standard InChI is InChI=1S/C7H6N2O2/c8-2-5-1-7(11-4-5)6(10)3-9/h1,4H,3,9H2. The van der Waals surface area contributed by atoms with Crippen LogP contribution >= 0.6 is 0 Å². The molecule has 0 aromatic carbocycles. The number of furan rings is 1. The third-order valence-corrected chi connectivity index (χ3v) is 1.19. The fourth-order valence-electron chi connectivity index (χ4n) is 0.642. The molecule has 1 heterocycles. The summed E-state index contributed by atoms with van der Waals surface area (Å²) in [5.74, 6) is -0.157. The Bertz CT molecular complexity index is 308. The Kier molecular flexibility index (Phi) is 2.04. The van der Waals surface area contributed by atoms with E-state index in [4.69, 9.17) is 15.4 Å². The number of carbonyl (C=O) groups is 1. The smallest absolute Gasteiger partial charge is 0.211 e. The molecule has 0 aliphatic rings. The maximum atomic E-state index is 10.8. The minimum absolute atomic E-state index is 0.0988. The Morgan fingerprint density at radius 3 is 3.00 bits per heavy atom. The van der Waals surface area contributed by atoms with E-state index in [0.717, 1.165) is 0 Å². The molecule has 0 bridgehead atoms. The molecule has 56 valence electrons. The summed E-state index contributed by atoms with van der Waals surface area (Å²) >= 11 is 0. The number of Topliss-reactive ketones (excluding diaryl/α,β-unsaturated/α-hetero) is 1. The highest BCUT2D eigenvalue weighted by Crippen LogP contribution is 2.06.